The summed E-state index contributed by atoms with van der Waals surface area (Å²) < 4.78 is 1.24. The predicted octanol–water partition coefficient (Wildman–Crippen LogP) is 3.80. The highest BCUT2D eigenvalue weighted by atomic mass is 32.1. The second-order valence-corrected chi connectivity index (χ2v) is 6.80. The summed E-state index contributed by atoms with van der Waals surface area (Å²) in [5.41, 5.74) is 4.02. The molecule has 1 heterocycles. The van der Waals surface area contributed by atoms with Crippen molar-refractivity contribution in [3.63, 3.8) is 0 Å². The van der Waals surface area contributed by atoms with Gasteiger partial charge < -0.3 is 10.5 Å². The first kappa shape index (κ1) is 15.9. The molecule has 0 atom stereocenters. The predicted molar refractivity (Wildman–Crippen MR) is 112 cm³/mol. The molecule has 0 saturated carbocycles. The maximum atomic E-state index is 5.75. The molecule has 1 aromatic heterocycles. The molecular weight excluding hydrogens is 322 g/mol. The number of thiophene rings is 1. The fraction of sp³-hybridized carbons (Fsp3) is 0. The van der Waals surface area contributed by atoms with E-state index in [1.165, 1.54) is 10.1 Å². The fourth-order valence-electron chi connectivity index (χ4n) is 2.68. The highest BCUT2D eigenvalue weighted by Gasteiger charge is 2.12. The van der Waals surface area contributed by atoms with Crippen LogP contribution >= 0.6 is 11.3 Å². The topological polar surface area (TPSA) is 24.1 Å². The minimum absolute atomic E-state index is 0.769. The van der Waals surface area contributed by atoms with E-state index in [9.17, 15) is 0 Å². The van der Waals surface area contributed by atoms with Gasteiger partial charge in [0.2, 0.25) is 0 Å². The van der Waals surface area contributed by atoms with Gasteiger partial charge in [-0.2, -0.15) is 0 Å². The van der Waals surface area contributed by atoms with Crippen LogP contribution in [-0.2, 0) is 0 Å². The number of hydrogen-bond acceptors (Lipinski definition) is 3. The maximum Gasteiger partial charge on any atom is 0.283 e. The Morgan fingerprint density at radius 1 is 0.800 bits per heavy atom. The van der Waals surface area contributed by atoms with Crippen LogP contribution in [0.1, 0.15) is 0 Å². The molecule has 0 amide bonds. The van der Waals surface area contributed by atoms with E-state index in [0.717, 1.165) is 27.3 Å². The second-order valence-electron chi connectivity index (χ2n) is 5.75. The number of nitrogens with one attached hydrogen (secondary N) is 2. The van der Waals surface area contributed by atoms with Crippen molar-refractivity contribution in [3.8, 4) is 0 Å². The molecule has 0 aliphatic heterocycles. The van der Waals surface area contributed by atoms with Crippen LogP contribution in [0.3, 0.4) is 0 Å². The lowest BCUT2D eigenvalue weighted by Crippen LogP contribution is -2.23. The molecule has 0 saturated heterocycles. The van der Waals surface area contributed by atoms with E-state index in [-0.39, 0.29) is 0 Å². The number of rotatable bonds is 5. The van der Waals surface area contributed by atoms with Gasteiger partial charge in [0.1, 0.15) is 12.8 Å². The van der Waals surface area contributed by atoms with Crippen LogP contribution in [0.2, 0.25) is 0 Å². The van der Waals surface area contributed by atoms with Gasteiger partial charge in [-0.25, -0.2) is 0 Å². The van der Waals surface area contributed by atoms with Gasteiger partial charge in [-0.1, -0.05) is 71.6 Å². The summed E-state index contributed by atoms with van der Waals surface area (Å²) in [6.07, 6.45) is 0. The molecule has 117 valence electrons. The van der Waals surface area contributed by atoms with Crippen LogP contribution < -0.4 is 21.5 Å². The van der Waals surface area contributed by atoms with Crippen molar-refractivity contribution in [1.29, 1.82) is 0 Å². The van der Waals surface area contributed by atoms with E-state index in [1.54, 1.807) is 11.3 Å². The normalized spacial score (nSPS) is 10.6. The van der Waals surface area contributed by atoms with Gasteiger partial charge in [0, 0.05) is 15.8 Å². The Balaban J connectivity index is 1.65. The van der Waals surface area contributed by atoms with Gasteiger partial charge in [0.25, 0.3) is 7.41 Å². The van der Waals surface area contributed by atoms with E-state index < -0.39 is 0 Å². The van der Waals surface area contributed by atoms with E-state index in [1.807, 2.05) is 49.9 Å². The Labute approximate surface area is 153 Å². The molecule has 3 aromatic carbocycles. The molecule has 2 nitrogen and oxygen atoms in total. The zero-order valence-electron chi connectivity index (χ0n) is 13.6. The number of hydrogen-bond donors (Lipinski definition) is 2. The summed E-state index contributed by atoms with van der Waals surface area (Å²) in [6, 6.07) is 26.5. The van der Waals surface area contributed by atoms with Crippen molar-refractivity contribution in [2.75, 3.05) is 10.5 Å². The van der Waals surface area contributed by atoms with Crippen LogP contribution in [0.25, 0.3) is 10.1 Å². The Kier molecular flexibility index (Phi) is 4.49. The summed E-state index contributed by atoms with van der Waals surface area (Å²) >= 11 is 1.74. The lowest BCUT2D eigenvalue weighted by atomic mass is 9.81. The van der Waals surface area contributed by atoms with Crippen LogP contribution in [0.4, 0.5) is 16.4 Å². The monoisotopic (exact) mass is 337 g/mol. The number of fused-ring (bicyclic) bond motifs is 1. The molecule has 0 aliphatic rings. The first-order chi connectivity index (χ1) is 12.3. The van der Waals surface area contributed by atoms with Crippen molar-refractivity contribution in [2.24, 2.45) is 0 Å². The van der Waals surface area contributed by atoms with Crippen LogP contribution in [0.15, 0.2) is 78.9 Å². The first-order valence-corrected chi connectivity index (χ1v) is 8.90. The quantitative estimate of drug-likeness (QED) is 0.542. The molecule has 3 radical (unpaired) electrons. The second kappa shape index (κ2) is 7.08. The summed E-state index contributed by atoms with van der Waals surface area (Å²) in [4.78, 5) is 0. The smallest absolute Gasteiger partial charge is 0.283 e. The Morgan fingerprint density at radius 2 is 1.52 bits per heavy atom. The Morgan fingerprint density at radius 3 is 2.32 bits per heavy atom. The maximum absolute atomic E-state index is 5.75. The van der Waals surface area contributed by atoms with E-state index in [4.69, 9.17) is 7.85 Å². The Hall–Kier alpha value is -2.65. The number of para-hydroxylation sites is 1. The molecule has 0 fully saturated rings. The molecule has 0 spiro atoms. The van der Waals surface area contributed by atoms with Crippen molar-refractivity contribution >= 4 is 64.0 Å². The number of benzene rings is 3. The molecule has 4 aromatic rings. The molecule has 2 N–H and O–H groups in total. The third-order valence-corrected chi connectivity index (χ3v) is 5.05. The standard InChI is InChI=1S/C20H15B2N2S/c21-14-10-12-15(13-11-14)22-24-20-19(23-16-6-2-1-3-7-16)17-8-4-5-9-18(17)25-20/h1-13,23-24H. The molecule has 25 heavy (non-hydrogen) atoms. The Bertz CT molecular complexity index is 982. The van der Waals surface area contributed by atoms with E-state index in [0.29, 0.717) is 0 Å². The summed E-state index contributed by atoms with van der Waals surface area (Å²) in [7, 11) is 7.75. The van der Waals surface area contributed by atoms with Gasteiger partial charge >= 0.3 is 0 Å². The summed E-state index contributed by atoms with van der Waals surface area (Å²) in [6.45, 7) is 0. The minimum Gasteiger partial charge on any atom is -0.418 e. The zero-order valence-corrected chi connectivity index (χ0v) is 14.4. The van der Waals surface area contributed by atoms with Gasteiger partial charge in [0.05, 0.1) is 5.69 Å². The van der Waals surface area contributed by atoms with Crippen molar-refractivity contribution in [3.05, 3.63) is 78.9 Å². The van der Waals surface area contributed by atoms with Crippen LogP contribution in [0.5, 0.6) is 0 Å². The largest absolute Gasteiger partial charge is 0.418 e. The molecule has 0 aliphatic carbocycles. The van der Waals surface area contributed by atoms with Gasteiger partial charge in [0.15, 0.2) is 0 Å². The highest BCUT2D eigenvalue weighted by molar-refractivity contribution is 7.24. The van der Waals surface area contributed by atoms with Gasteiger partial charge in [-0.15, -0.1) is 11.3 Å². The van der Waals surface area contributed by atoms with Gasteiger partial charge in [-0.05, 0) is 18.2 Å². The van der Waals surface area contributed by atoms with Crippen LogP contribution in [-0.4, -0.2) is 15.3 Å². The minimum atomic E-state index is 0.769. The van der Waals surface area contributed by atoms with Crippen molar-refractivity contribution < 1.29 is 0 Å². The lowest BCUT2D eigenvalue weighted by molar-refractivity contribution is 1.60. The third-order valence-electron chi connectivity index (χ3n) is 3.95. The van der Waals surface area contributed by atoms with Gasteiger partial charge in [-0.3, -0.25) is 0 Å². The SMILES string of the molecule is [B]c1ccc([B]Nc2sc3ccccc3c2Nc2ccccc2)cc1. The van der Waals surface area contributed by atoms with Crippen LogP contribution in [0, 0.1) is 0 Å². The first-order valence-electron chi connectivity index (χ1n) is 8.08. The van der Waals surface area contributed by atoms with Crippen molar-refractivity contribution in [1.82, 2.24) is 0 Å². The average Bonchev–Trinajstić information content (AvgIpc) is 3.00. The molecular formula is C20H15B2N2S. The average molecular weight is 337 g/mol. The summed E-state index contributed by atoms with van der Waals surface area (Å²) in [5, 5.41) is 9.30. The fourth-order valence-corrected chi connectivity index (χ4v) is 3.71. The zero-order chi connectivity index (χ0) is 17.1. The molecule has 5 heteroatoms. The van der Waals surface area contributed by atoms with E-state index >= 15 is 0 Å². The van der Waals surface area contributed by atoms with Crippen molar-refractivity contribution in [2.45, 2.75) is 0 Å². The molecule has 0 unspecified atom stereocenters. The molecule has 0 bridgehead atoms. The number of anilines is 3. The highest BCUT2D eigenvalue weighted by Crippen LogP contribution is 2.41. The third kappa shape index (κ3) is 3.57. The lowest BCUT2D eigenvalue weighted by Gasteiger charge is -2.10. The van der Waals surface area contributed by atoms with E-state index in [2.05, 4.69) is 46.9 Å². The summed E-state index contributed by atoms with van der Waals surface area (Å²) in [5.74, 6) is 0. The molecule has 4 rings (SSSR count).